The molecule has 1 heterocycles. The van der Waals surface area contributed by atoms with Crippen molar-refractivity contribution in [1.82, 2.24) is 4.98 Å². The Labute approximate surface area is 97.3 Å². The van der Waals surface area contributed by atoms with Crippen LogP contribution in [-0.4, -0.2) is 30.7 Å². The van der Waals surface area contributed by atoms with Gasteiger partial charge in [-0.1, -0.05) is 0 Å². The number of rotatable bonds is 3. The third-order valence-corrected chi connectivity index (χ3v) is 2.76. The molecule has 0 saturated carbocycles. The summed E-state index contributed by atoms with van der Waals surface area (Å²) in [5, 5.41) is 9.43. The second kappa shape index (κ2) is 3.77. The van der Waals surface area contributed by atoms with Gasteiger partial charge >= 0.3 is 5.97 Å². The van der Waals surface area contributed by atoms with Gasteiger partial charge in [0, 0.05) is 16.6 Å². The molecule has 6 nitrogen and oxygen atoms in total. The van der Waals surface area contributed by atoms with E-state index in [1.54, 1.807) is 18.2 Å². The lowest BCUT2D eigenvalue weighted by Gasteiger charge is -2.02. The van der Waals surface area contributed by atoms with Crippen LogP contribution in [-0.2, 0) is 10.0 Å². The molecule has 0 fully saturated rings. The highest BCUT2D eigenvalue weighted by Crippen LogP contribution is 2.20. The van der Waals surface area contributed by atoms with Crippen molar-refractivity contribution in [2.75, 3.05) is 11.0 Å². The van der Waals surface area contributed by atoms with E-state index in [9.17, 15) is 13.2 Å². The van der Waals surface area contributed by atoms with E-state index < -0.39 is 16.0 Å². The molecule has 0 unspecified atom stereocenters. The predicted octanol–water partition coefficient (Wildman–Crippen LogP) is 1.24. The first-order valence-corrected chi connectivity index (χ1v) is 6.58. The summed E-state index contributed by atoms with van der Waals surface area (Å²) in [6.07, 6.45) is 1.05. The molecule has 0 atom stereocenters. The van der Waals surface area contributed by atoms with E-state index in [0.717, 1.165) is 6.26 Å². The number of hydrogen-bond acceptors (Lipinski definition) is 3. The SMILES string of the molecule is CS(=O)(=O)Nc1ccc2[nH]c(C(=O)O)cc2c1. The number of sulfonamides is 1. The predicted molar refractivity (Wildman–Crippen MR) is 63.7 cm³/mol. The summed E-state index contributed by atoms with van der Waals surface area (Å²) >= 11 is 0. The molecular formula is C10H10N2O4S. The number of carbonyl (C=O) groups is 1. The summed E-state index contributed by atoms with van der Waals surface area (Å²) in [5.74, 6) is -1.06. The van der Waals surface area contributed by atoms with Gasteiger partial charge in [-0.25, -0.2) is 13.2 Å². The van der Waals surface area contributed by atoms with Gasteiger partial charge in [-0.05, 0) is 24.3 Å². The van der Waals surface area contributed by atoms with Crippen LogP contribution >= 0.6 is 0 Å². The maximum absolute atomic E-state index is 11.0. The number of fused-ring (bicyclic) bond motifs is 1. The Hall–Kier alpha value is -2.02. The van der Waals surface area contributed by atoms with Crippen molar-refractivity contribution in [2.45, 2.75) is 0 Å². The standard InChI is InChI=1S/C10H10N2O4S/c1-17(15,16)12-7-2-3-8-6(4-7)5-9(11-8)10(13)14/h2-5,11-12H,1H3,(H,13,14). The van der Waals surface area contributed by atoms with Crippen molar-refractivity contribution in [2.24, 2.45) is 0 Å². The third kappa shape index (κ3) is 2.56. The number of hydrogen-bond donors (Lipinski definition) is 3. The molecule has 1 aromatic carbocycles. The number of aromatic carboxylic acids is 1. The lowest BCUT2D eigenvalue weighted by Crippen LogP contribution is -2.09. The maximum atomic E-state index is 11.0. The van der Waals surface area contributed by atoms with E-state index in [4.69, 9.17) is 5.11 Å². The highest BCUT2D eigenvalue weighted by molar-refractivity contribution is 7.92. The van der Waals surface area contributed by atoms with Crippen molar-refractivity contribution in [3.05, 3.63) is 30.0 Å². The lowest BCUT2D eigenvalue weighted by molar-refractivity contribution is 0.0691. The molecule has 0 aliphatic carbocycles. The first kappa shape index (κ1) is 11.5. The van der Waals surface area contributed by atoms with E-state index in [2.05, 4.69) is 9.71 Å². The molecule has 0 radical (unpaired) electrons. The molecule has 0 amide bonds. The summed E-state index contributed by atoms with van der Waals surface area (Å²) in [6, 6.07) is 6.20. The fourth-order valence-electron chi connectivity index (χ4n) is 1.53. The summed E-state index contributed by atoms with van der Waals surface area (Å²) in [5.41, 5.74) is 1.11. The van der Waals surface area contributed by atoms with Crippen LogP contribution in [0.4, 0.5) is 5.69 Å². The number of H-pyrrole nitrogens is 1. The quantitative estimate of drug-likeness (QED) is 0.767. The smallest absolute Gasteiger partial charge is 0.352 e. The second-order valence-electron chi connectivity index (χ2n) is 3.66. The second-order valence-corrected chi connectivity index (χ2v) is 5.41. The van der Waals surface area contributed by atoms with Gasteiger partial charge in [0.15, 0.2) is 0 Å². The number of benzene rings is 1. The van der Waals surface area contributed by atoms with Gasteiger partial charge in [0.25, 0.3) is 0 Å². The van der Waals surface area contributed by atoms with Crippen LogP contribution in [0.3, 0.4) is 0 Å². The van der Waals surface area contributed by atoms with Gasteiger partial charge in [0.2, 0.25) is 10.0 Å². The van der Waals surface area contributed by atoms with Gasteiger partial charge in [0.05, 0.1) is 6.26 Å². The van der Waals surface area contributed by atoms with Gasteiger partial charge in [-0.2, -0.15) is 0 Å². The summed E-state index contributed by atoms with van der Waals surface area (Å²) in [6.45, 7) is 0. The first-order valence-electron chi connectivity index (χ1n) is 4.69. The van der Waals surface area contributed by atoms with E-state index in [0.29, 0.717) is 16.6 Å². The number of carboxylic acids is 1. The van der Waals surface area contributed by atoms with Crippen LogP contribution in [0.15, 0.2) is 24.3 Å². The van der Waals surface area contributed by atoms with Crippen LogP contribution in [0.1, 0.15) is 10.5 Å². The average molecular weight is 254 g/mol. The minimum Gasteiger partial charge on any atom is -0.477 e. The highest BCUT2D eigenvalue weighted by atomic mass is 32.2. The number of aromatic amines is 1. The van der Waals surface area contributed by atoms with Gasteiger partial charge in [-0.3, -0.25) is 4.72 Å². The van der Waals surface area contributed by atoms with E-state index in [-0.39, 0.29) is 5.69 Å². The van der Waals surface area contributed by atoms with Crippen molar-refractivity contribution in [3.8, 4) is 0 Å². The van der Waals surface area contributed by atoms with Crippen LogP contribution in [0, 0.1) is 0 Å². The molecule has 7 heteroatoms. The zero-order valence-corrected chi connectivity index (χ0v) is 9.71. The summed E-state index contributed by atoms with van der Waals surface area (Å²) < 4.78 is 24.4. The van der Waals surface area contributed by atoms with E-state index in [1.807, 2.05) is 0 Å². The zero-order chi connectivity index (χ0) is 12.6. The molecule has 1 aromatic heterocycles. The van der Waals surface area contributed by atoms with E-state index >= 15 is 0 Å². The minimum absolute atomic E-state index is 0.0662. The zero-order valence-electron chi connectivity index (χ0n) is 8.89. The Balaban J connectivity index is 2.47. The molecule has 2 rings (SSSR count). The molecule has 0 saturated heterocycles. The lowest BCUT2D eigenvalue weighted by atomic mass is 10.2. The Morgan fingerprint density at radius 1 is 1.35 bits per heavy atom. The van der Waals surface area contributed by atoms with Crippen molar-refractivity contribution < 1.29 is 18.3 Å². The van der Waals surface area contributed by atoms with Crippen LogP contribution < -0.4 is 4.72 Å². The topological polar surface area (TPSA) is 99.3 Å². The molecule has 90 valence electrons. The molecule has 17 heavy (non-hydrogen) atoms. The monoisotopic (exact) mass is 254 g/mol. The first-order chi connectivity index (χ1) is 7.85. The Bertz CT molecular complexity index is 687. The van der Waals surface area contributed by atoms with Gasteiger partial charge in [-0.15, -0.1) is 0 Å². The van der Waals surface area contributed by atoms with Gasteiger partial charge < -0.3 is 10.1 Å². The van der Waals surface area contributed by atoms with Crippen molar-refractivity contribution >= 4 is 32.6 Å². The molecule has 0 aliphatic heterocycles. The number of carboxylic acid groups (broad SMARTS) is 1. The number of aromatic nitrogens is 1. The maximum Gasteiger partial charge on any atom is 0.352 e. The third-order valence-electron chi connectivity index (χ3n) is 2.15. The number of nitrogens with one attached hydrogen (secondary N) is 2. The fourth-order valence-corrected chi connectivity index (χ4v) is 2.08. The Morgan fingerprint density at radius 3 is 2.65 bits per heavy atom. The average Bonchev–Trinajstić information content (AvgIpc) is 2.57. The molecule has 0 spiro atoms. The minimum atomic E-state index is -3.33. The molecule has 0 bridgehead atoms. The Kier molecular flexibility index (Phi) is 2.55. The fraction of sp³-hybridized carbons (Fsp3) is 0.100. The van der Waals surface area contributed by atoms with Crippen LogP contribution in [0.25, 0.3) is 10.9 Å². The van der Waals surface area contributed by atoms with Gasteiger partial charge in [0.1, 0.15) is 5.69 Å². The van der Waals surface area contributed by atoms with Crippen LogP contribution in [0.5, 0.6) is 0 Å². The Morgan fingerprint density at radius 2 is 2.06 bits per heavy atom. The summed E-state index contributed by atoms with van der Waals surface area (Å²) in [4.78, 5) is 13.4. The number of anilines is 1. The molecular weight excluding hydrogens is 244 g/mol. The molecule has 3 N–H and O–H groups in total. The summed E-state index contributed by atoms with van der Waals surface area (Å²) in [7, 11) is -3.33. The highest BCUT2D eigenvalue weighted by Gasteiger charge is 2.08. The van der Waals surface area contributed by atoms with Crippen molar-refractivity contribution in [3.63, 3.8) is 0 Å². The van der Waals surface area contributed by atoms with E-state index in [1.165, 1.54) is 6.07 Å². The normalized spacial score (nSPS) is 11.6. The molecule has 0 aliphatic rings. The largest absolute Gasteiger partial charge is 0.477 e. The van der Waals surface area contributed by atoms with Crippen LogP contribution in [0.2, 0.25) is 0 Å². The van der Waals surface area contributed by atoms with Crippen molar-refractivity contribution in [1.29, 1.82) is 0 Å². The molecule has 2 aromatic rings.